The molecule has 1 atom stereocenters. The Kier molecular flexibility index (Phi) is 8.42. The Labute approximate surface area is 105 Å². The maximum Gasteiger partial charge on any atom is 0.150 e. The lowest BCUT2D eigenvalue weighted by Gasteiger charge is -2.17. The van der Waals surface area contributed by atoms with Crippen LogP contribution in [-0.2, 0) is 9.84 Å². The molecule has 0 rings (SSSR count). The van der Waals surface area contributed by atoms with Crippen molar-refractivity contribution in [1.82, 2.24) is 5.32 Å². The summed E-state index contributed by atoms with van der Waals surface area (Å²) in [7, 11) is -2.82. The standard InChI is InChI=1S/C11H24ClNO2S/c1-4-16(14,15)7-5-6-13-11(9-12)8-10(2)3/h10-11,13H,4-9H2,1-3H3. The van der Waals surface area contributed by atoms with Gasteiger partial charge < -0.3 is 5.32 Å². The van der Waals surface area contributed by atoms with Crippen LogP contribution in [0.25, 0.3) is 0 Å². The van der Waals surface area contributed by atoms with Gasteiger partial charge in [0.05, 0.1) is 5.75 Å². The van der Waals surface area contributed by atoms with Crippen molar-refractivity contribution in [2.45, 2.75) is 39.7 Å². The van der Waals surface area contributed by atoms with Gasteiger partial charge in [-0.1, -0.05) is 20.8 Å². The van der Waals surface area contributed by atoms with Crippen molar-refractivity contribution in [3.05, 3.63) is 0 Å². The van der Waals surface area contributed by atoms with Gasteiger partial charge in [-0.05, 0) is 25.3 Å². The summed E-state index contributed by atoms with van der Waals surface area (Å²) in [5, 5.41) is 3.30. The SMILES string of the molecule is CCS(=O)(=O)CCCNC(CCl)CC(C)C. The molecule has 0 aromatic heterocycles. The highest BCUT2D eigenvalue weighted by atomic mass is 35.5. The predicted molar refractivity (Wildman–Crippen MR) is 70.9 cm³/mol. The molecule has 5 heteroatoms. The fourth-order valence-corrected chi connectivity index (χ4v) is 2.62. The second-order valence-corrected chi connectivity index (χ2v) is 7.31. The molecule has 0 heterocycles. The van der Waals surface area contributed by atoms with Crippen LogP contribution in [-0.4, -0.2) is 38.4 Å². The van der Waals surface area contributed by atoms with E-state index in [4.69, 9.17) is 11.6 Å². The first kappa shape index (κ1) is 16.2. The van der Waals surface area contributed by atoms with Crippen molar-refractivity contribution in [3.8, 4) is 0 Å². The van der Waals surface area contributed by atoms with E-state index in [-0.39, 0.29) is 11.5 Å². The van der Waals surface area contributed by atoms with Crippen LogP contribution in [0.5, 0.6) is 0 Å². The summed E-state index contributed by atoms with van der Waals surface area (Å²) >= 11 is 5.83. The van der Waals surface area contributed by atoms with E-state index in [9.17, 15) is 8.42 Å². The Morgan fingerprint density at radius 2 is 1.94 bits per heavy atom. The molecule has 1 N–H and O–H groups in total. The first-order valence-electron chi connectivity index (χ1n) is 5.91. The van der Waals surface area contributed by atoms with Gasteiger partial charge >= 0.3 is 0 Å². The molecule has 0 aliphatic carbocycles. The number of sulfone groups is 1. The zero-order valence-corrected chi connectivity index (χ0v) is 12.1. The van der Waals surface area contributed by atoms with E-state index in [1.54, 1.807) is 6.92 Å². The Hall–Kier alpha value is 0.200. The van der Waals surface area contributed by atoms with Crippen LogP contribution in [0.2, 0.25) is 0 Å². The first-order chi connectivity index (χ1) is 7.41. The molecule has 3 nitrogen and oxygen atoms in total. The van der Waals surface area contributed by atoms with Gasteiger partial charge in [0.1, 0.15) is 9.84 Å². The maximum absolute atomic E-state index is 11.2. The summed E-state index contributed by atoms with van der Waals surface area (Å²) in [6.45, 7) is 6.72. The summed E-state index contributed by atoms with van der Waals surface area (Å²) in [6, 6.07) is 0.297. The van der Waals surface area contributed by atoms with E-state index >= 15 is 0 Å². The second kappa shape index (κ2) is 8.31. The molecule has 0 amide bonds. The fraction of sp³-hybridized carbons (Fsp3) is 1.00. The van der Waals surface area contributed by atoms with Crippen LogP contribution in [0.1, 0.15) is 33.6 Å². The highest BCUT2D eigenvalue weighted by Crippen LogP contribution is 2.06. The van der Waals surface area contributed by atoms with Gasteiger partial charge in [0, 0.05) is 17.7 Å². The summed E-state index contributed by atoms with van der Waals surface area (Å²) < 4.78 is 22.5. The van der Waals surface area contributed by atoms with Gasteiger partial charge in [0.15, 0.2) is 0 Å². The molecule has 0 saturated carbocycles. The van der Waals surface area contributed by atoms with Crippen LogP contribution >= 0.6 is 11.6 Å². The number of hydrogen-bond donors (Lipinski definition) is 1. The lowest BCUT2D eigenvalue weighted by atomic mass is 10.1. The van der Waals surface area contributed by atoms with Gasteiger partial charge in [0.25, 0.3) is 0 Å². The maximum atomic E-state index is 11.2. The molecule has 0 fully saturated rings. The quantitative estimate of drug-likeness (QED) is 0.515. The number of alkyl halides is 1. The molecule has 0 aromatic rings. The largest absolute Gasteiger partial charge is 0.313 e. The van der Waals surface area contributed by atoms with E-state index in [0.717, 1.165) is 13.0 Å². The first-order valence-corrected chi connectivity index (χ1v) is 8.26. The molecule has 0 aromatic carbocycles. The third-order valence-corrected chi connectivity index (χ3v) is 4.61. The van der Waals surface area contributed by atoms with Gasteiger partial charge in [0.2, 0.25) is 0 Å². The molecular weight excluding hydrogens is 246 g/mol. The summed E-state index contributed by atoms with van der Waals surface area (Å²) in [4.78, 5) is 0. The minimum atomic E-state index is -2.82. The Morgan fingerprint density at radius 1 is 1.31 bits per heavy atom. The van der Waals surface area contributed by atoms with Crippen molar-refractivity contribution in [3.63, 3.8) is 0 Å². The van der Waals surface area contributed by atoms with Crippen molar-refractivity contribution < 1.29 is 8.42 Å². The van der Waals surface area contributed by atoms with Gasteiger partial charge in [-0.25, -0.2) is 8.42 Å². The molecule has 0 aliphatic rings. The van der Waals surface area contributed by atoms with Crippen LogP contribution in [0.4, 0.5) is 0 Å². The molecule has 0 radical (unpaired) electrons. The van der Waals surface area contributed by atoms with E-state index < -0.39 is 9.84 Å². The van der Waals surface area contributed by atoms with Crippen LogP contribution in [0.3, 0.4) is 0 Å². The third kappa shape index (κ3) is 8.36. The molecule has 0 spiro atoms. The molecule has 1 unspecified atom stereocenters. The Balaban J connectivity index is 3.71. The topological polar surface area (TPSA) is 46.2 Å². The van der Waals surface area contributed by atoms with E-state index in [0.29, 0.717) is 24.3 Å². The van der Waals surface area contributed by atoms with Crippen molar-refractivity contribution >= 4 is 21.4 Å². The Bertz CT molecular complexity index is 265. The molecule has 98 valence electrons. The summed E-state index contributed by atoms with van der Waals surface area (Å²) in [6.07, 6.45) is 1.70. The van der Waals surface area contributed by atoms with Gasteiger partial charge in [-0.3, -0.25) is 0 Å². The average Bonchev–Trinajstić information content (AvgIpc) is 2.22. The number of nitrogens with one attached hydrogen (secondary N) is 1. The number of hydrogen-bond acceptors (Lipinski definition) is 3. The minimum absolute atomic E-state index is 0.234. The van der Waals surface area contributed by atoms with Crippen LogP contribution < -0.4 is 5.32 Å². The monoisotopic (exact) mass is 269 g/mol. The summed E-state index contributed by atoms with van der Waals surface area (Å²) in [5.74, 6) is 1.69. The predicted octanol–water partition coefficient (Wildman–Crippen LogP) is 2.05. The van der Waals surface area contributed by atoms with Crippen molar-refractivity contribution in [2.75, 3.05) is 23.9 Å². The molecular formula is C11H24ClNO2S. The molecule has 0 aliphatic heterocycles. The summed E-state index contributed by atoms with van der Waals surface area (Å²) in [5.41, 5.74) is 0. The normalized spacial score (nSPS) is 14.3. The number of rotatable bonds is 9. The van der Waals surface area contributed by atoms with E-state index in [1.165, 1.54) is 0 Å². The molecule has 0 bridgehead atoms. The molecule has 16 heavy (non-hydrogen) atoms. The highest BCUT2D eigenvalue weighted by molar-refractivity contribution is 7.91. The number of halogens is 1. The lowest BCUT2D eigenvalue weighted by molar-refractivity contribution is 0.446. The highest BCUT2D eigenvalue weighted by Gasteiger charge is 2.10. The zero-order valence-electron chi connectivity index (χ0n) is 10.5. The Morgan fingerprint density at radius 3 is 2.38 bits per heavy atom. The molecule has 0 saturated heterocycles. The smallest absolute Gasteiger partial charge is 0.150 e. The van der Waals surface area contributed by atoms with Crippen LogP contribution in [0, 0.1) is 5.92 Å². The van der Waals surface area contributed by atoms with E-state index in [2.05, 4.69) is 19.2 Å². The van der Waals surface area contributed by atoms with Gasteiger partial charge in [-0.15, -0.1) is 11.6 Å². The lowest BCUT2D eigenvalue weighted by Crippen LogP contribution is -2.33. The zero-order chi connectivity index (χ0) is 12.6. The van der Waals surface area contributed by atoms with Gasteiger partial charge in [-0.2, -0.15) is 0 Å². The van der Waals surface area contributed by atoms with Crippen LogP contribution in [0.15, 0.2) is 0 Å². The third-order valence-electron chi connectivity index (χ3n) is 2.45. The van der Waals surface area contributed by atoms with Crippen molar-refractivity contribution in [1.29, 1.82) is 0 Å². The van der Waals surface area contributed by atoms with E-state index in [1.807, 2.05) is 0 Å². The second-order valence-electron chi connectivity index (χ2n) is 4.52. The average molecular weight is 270 g/mol. The fourth-order valence-electron chi connectivity index (χ4n) is 1.51. The van der Waals surface area contributed by atoms with Crippen molar-refractivity contribution in [2.24, 2.45) is 5.92 Å². The minimum Gasteiger partial charge on any atom is -0.313 e.